The minimum Gasteiger partial charge on any atom is -0.491 e. The van der Waals surface area contributed by atoms with E-state index in [0.29, 0.717) is 0 Å². The van der Waals surface area contributed by atoms with Crippen LogP contribution < -0.4 is 10.1 Å². The van der Waals surface area contributed by atoms with Gasteiger partial charge in [-0.1, -0.05) is 0 Å². The van der Waals surface area contributed by atoms with Crippen molar-refractivity contribution in [3.63, 3.8) is 0 Å². The van der Waals surface area contributed by atoms with E-state index in [1.54, 1.807) is 6.33 Å². The van der Waals surface area contributed by atoms with Crippen molar-refractivity contribution in [1.82, 2.24) is 9.97 Å². The first-order chi connectivity index (χ1) is 9.61. The van der Waals surface area contributed by atoms with Crippen molar-refractivity contribution in [3.05, 3.63) is 36.2 Å². The van der Waals surface area contributed by atoms with Crippen molar-refractivity contribution < 1.29 is 4.74 Å². The Morgan fingerprint density at radius 3 is 2.45 bits per heavy atom. The minimum absolute atomic E-state index is 0.182. The number of benzene rings is 1. The van der Waals surface area contributed by atoms with Gasteiger partial charge in [0.2, 0.25) is 0 Å². The molecule has 0 radical (unpaired) electrons. The van der Waals surface area contributed by atoms with E-state index < -0.39 is 0 Å². The molecule has 20 heavy (non-hydrogen) atoms. The van der Waals surface area contributed by atoms with E-state index in [-0.39, 0.29) is 6.10 Å². The number of hydrogen-bond donors (Lipinski definition) is 1. The van der Waals surface area contributed by atoms with Gasteiger partial charge in [-0.2, -0.15) is 0 Å². The average molecular weight is 271 g/mol. The van der Waals surface area contributed by atoms with Gasteiger partial charge in [0.15, 0.2) is 0 Å². The molecular formula is C16H21N3O. The van der Waals surface area contributed by atoms with Crippen molar-refractivity contribution in [2.75, 3.05) is 11.9 Å². The first kappa shape index (κ1) is 14.3. The molecule has 0 atom stereocenters. The molecule has 2 aromatic rings. The lowest BCUT2D eigenvalue weighted by Crippen LogP contribution is -2.05. The van der Waals surface area contributed by atoms with Crippen LogP contribution in [0.1, 0.15) is 26.3 Å². The number of ether oxygens (including phenoxy) is 1. The molecule has 0 saturated heterocycles. The lowest BCUT2D eigenvalue weighted by Gasteiger charge is -2.12. The third-order valence-electron chi connectivity index (χ3n) is 2.93. The van der Waals surface area contributed by atoms with Gasteiger partial charge in [0.25, 0.3) is 0 Å². The number of nitrogens with zero attached hydrogens (tertiary/aromatic N) is 2. The van der Waals surface area contributed by atoms with Crippen molar-refractivity contribution in [3.8, 4) is 17.0 Å². The molecule has 1 heterocycles. The summed E-state index contributed by atoms with van der Waals surface area (Å²) in [5, 5.41) is 3.25. The van der Waals surface area contributed by atoms with Crippen LogP contribution >= 0.6 is 0 Å². The molecule has 1 aromatic carbocycles. The van der Waals surface area contributed by atoms with Crippen molar-refractivity contribution in [2.45, 2.75) is 33.8 Å². The van der Waals surface area contributed by atoms with E-state index in [2.05, 4.69) is 22.2 Å². The van der Waals surface area contributed by atoms with Crippen LogP contribution in [0, 0.1) is 6.92 Å². The third-order valence-corrected chi connectivity index (χ3v) is 2.93. The van der Waals surface area contributed by atoms with Crippen molar-refractivity contribution in [1.29, 1.82) is 0 Å². The molecule has 0 saturated carbocycles. The van der Waals surface area contributed by atoms with E-state index in [0.717, 1.165) is 34.9 Å². The Morgan fingerprint density at radius 1 is 1.15 bits per heavy atom. The maximum absolute atomic E-state index is 5.65. The van der Waals surface area contributed by atoms with Crippen LogP contribution in [-0.2, 0) is 0 Å². The summed E-state index contributed by atoms with van der Waals surface area (Å²) in [6.45, 7) is 8.97. The standard InChI is InChI=1S/C16H21N3O/c1-5-17-16-12(4)15(18-10-19-16)13-6-8-14(9-7-13)20-11(2)3/h6-11H,5H2,1-4H3,(H,17,18,19). The molecular weight excluding hydrogens is 250 g/mol. The smallest absolute Gasteiger partial charge is 0.132 e. The molecule has 106 valence electrons. The van der Waals surface area contributed by atoms with Gasteiger partial charge in [0, 0.05) is 17.7 Å². The summed E-state index contributed by atoms with van der Waals surface area (Å²) in [5.74, 6) is 1.77. The van der Waals surface area contributed by atoms with Crippen molar-refractivity contribution in [2.24, 2.45) is 0 Å². The van der Waals surface area contributed by atoms with Gasteiger partial charge < -0.3 is 10.1 Å². The quantitative estimate of drug-likeness (QED) is 0.901. The van der Waals surface area contributed by atoms with Gasteiger partial charge in [-0.15, -0.1) is 0 Å². The molecule has 2 rings (SSSR count). The van der Waals surface area contributed by atoms with Gasteiger partial charge in [0.1, 0.15) is 17.9 Å². The Labute approximate surface area is 120 Å². The number of nitrogens with one attached hydrogen (secondary N) is 1. The van der Waals surface area contributed by atoms with Crippen LogP contribution in [0.25, 0.3) is 11.3 Å². The van der Waals surface area contributed by atoms with Gasteiger partial charge in [-0.25, -0.2) is 9.97 Å². The van der Waals surface area contributed by atoms with Gasteiger partial charge in [0.05, 0.1) is 11.8 Å². The van der Waals surface area contributed by atoms with Gasteiger partial charge in [-0.05, 0) is 52.0 Å². The van der Waals surface area contributed by atoms with E-state index >= 15 is 0 Å². The Balaban J connectivity index is 2.29. The lowest BCUT2D eigenvalue weighted by atomic mass is 10.1. The zero-order valence-electron chi connectivity index (χ0n) is 12.5. The Bertz CT molecular complexity index is 564. The van der Waals surface area contributed by atoms with E-state index in [9.17, 15) is 0 Å². The minimum atomic E-state index is 0.182. The number of anilines is 1. The maximum Gasteiger partial charge on any atom is 0.132 e. The average Bonchev–Trinajstić information content (AvgIpc) is 2.42. The normalized spacial score (nSPS) is 10.7. The lowest BCUT2D eigenvalue weighted by molar-refractivity contribution is 0.242. The summed E-state index contributed by atoms with van der Waals surface area (Å²) in [6, 6.07) is 8.01. The van der Waals surface area contributed by atoms with Crippen LogP contribution in [0.2, 0.25) is 0 Å². The zero-order valence-corrected chi connectivity index (χ0v) is 12.5. The highest BCUT2D eigenvalue weighted by molar-refractivity contribution is 5.68. The van der Waals surface area contributed by atoms with Gasteiger partial charge in [-0.3, -0.25) is 0 Å². The van der Waals surface area contributed by atoms with E-state index in [1.807, 2.05) is 45.0 Å². The second kappa shape index (κ2) is 6.37. The predicted molar refractivity (Wildman–Crippen MR) is 82.1 cm³/mol. The summed E-state index contributed by atoms with van der Waals surface area (Å²) in [5.41, 5.74) is 3.08. The fourth-order valence-corrected chi connectivity index (χ4v) is 2.05. The van der Waals surface area contributed by atoms with Crippen LogP contribution in [0.3, 0.4) is 0 Å². The molecule has 0 aliphatic rings. The molecule has 4 heteroatoms. The summed E-state index contributed by atoms with van der Waals surface area (Å²) < 4.78 is 5.65. The Kier molecular flexibility index (Phi) is 4.56. The second-order valence-corrected chi connectivity index (χ2v) is 4.92. The summed E-state index contributed by atoms with van der Waals surface area (Å²) >= 11 is 0. The maximum atomic E-state index is 5.65. The first-order valence-electron chi connectivity index (χ1n) is 6.94. The zero-order chi connectivity index (χ0) is 14.5. The number of rotatable bonds is 5. The van der Waals surface area contributed by atoms with Crippen LogP contribution in [0.4, 0.5) is 5.82 Å². The summed E-state index contributed by atoms with van der Waals surface area (Å²) in [7, 11) is 0. The van der Waals surface area contributed by atoms with Crippen LogP contribution in [-0.4, -0.2) is 22.6 Å². The van der Waals surface area contributed by atoms with Crippen LogP contribution in [0.5, 0.6) is 5.75 Å². The first-order valence-corrected chi connectivity index (χ1v) is 6.94. The topological polar surface area (TPSA) is 47.0 Å². The second-order valence-electron chi connectivity index (χ2n) is 4.92. The highest BCUT2D eigenvalue weighted by atomic mass is 16.5. The highest BCUT2D eigenvalue weighted by Crippen LogP contribution is 2.26. The Hall–Kier alpha value is -2.10. The molecule has 0 aliphatic heterocycles. The largest absolute Gasteiger partial charge is 0.491 e. The number of hydrogen-bond acceptors (Lipinski definition) is 4. The molecule has 1 N–H and O–H groups in total. The monoisotopic (exact) mass is 271 g/mol. The molecule has 0 fully saturated rings. The summed E-state index contributed by atoms with van der Waals surface area (Å²) in [4.78, 5) is 8.65. The summed E-state index contributed by atoms with van der Waals surface area (Å²) in [6.07, 6.45) is 1.78. The molecule has 0 spiro atoms. The molecule has 1 aromatic heterocycles. The Morgan fingerprint density at radius 2 is 1.85 bits per heavy atom. The van der Waals surface area contributed by atoms with Crippen molar-refractivity contribution >= 4 is 5.82 Å². The molecule has 0 unspecified atom stereocenters. The SMILES string of the molecule is CCNc1ncnc(-c2ccc(OC(C)C)cc2)c1C. The number of aromatic nitrogens is 2. The van der Waals surface area contributed by atoms with E-state index in [4.69, 9.17) is 4.74 Å². The molecule has 4 nitrogen and oxygen atoms in total. The third kappa shape index (κ3) is 3.26. The fourth-order valence-electron chi connectivity index (χ4n) is 2.05. The predicted octanol–water partition coefficient (Wildman–Crippen LogP) is 3.67. The van der Waals surface area contributed by atoms with E-state index in [1.165, 1.54) is 0 Å². The molecule has 0 aliphatic carbocycles. The van der Waals surface area contributed by atoms with Gasteiger partial charge >= 0.3 is 0 Å². The molecule has 0 bridgehead atoms. The highest BCUT2D eigenvalue weighted by Gasteiger charge is 2.08. The van der Waals surface area contributed by atoms with Crippen LogP contribution in [0.15, 0.2) is 30.6 Å². The molecule has 0 amide bonds. The fraction of sp³-hybridized carbons (Fsp3) is 0.375.